The molecule has 1 unspecified atom stereocenters. The number of carbonyl (C=O) groups is 1. The summed E-state index contributed by atoms with van der Waals surface area (Å²) in [6.45, 7) is 5.15. The van der Waals surface area contributed by atoms with Gasteiger partial charge in [-0.1, -0.05) is 31.1 Å². The zero-order chi connectivity index (χ0) is 20.4. The summed E-state index contributed by atoms with van der Waals surface area (Å²) in [5, 5.41) is 4.04. The van der Waals surface area contributed by atoms with E-state index in [1.165, 1.54) is 11.0 Å². The Morgan fingerprint density at radius 2 is 1.97 bits per heavy atom. The van der Waals surface area contributed by atoms with Crippen molar-refractivity contribution in [3.8, 4) is 17.1 Å². The van der Waals surface area contributed by atoms with Gasteiger partial charge in [-0.3, -0.25) is 4.79 Å². The zero-order valence-electron chi connectivity index (χ0n) is 16.3. The molecule has 0 bridgehead atoms. The lowest BCUT2D eigenvalue weighted by Gasteiger charge is -2.16. The fourth-order valence-corrected chi connectivity index (χ4v) is 3.26. The number of aromatic nitrogens is 2. The quantitative estimate of drug-likeness (QED) is 0.618. The van der Waals surface area contributed by atoms with E-state index in [0.717, 1.165) is 11.3 Å². The minimum Gasteiger partial charge on any atom is -0.493 e. The van der Waals surface area contributed by atoms with Gasteiger partial charge in [-0.25, -0.2) is 4.39 Å². The molecule has 3 aromatic rings. The second-order valence-electron chi connectivity index (χ2n) is 7.54. The summed E-state index contributed by atoms with van der Waals surface area (Å²) in [4.78, 5) is 18.3. The maximum absolute atomic E-state index is 14.0. The molecule has 1 fully saturated rings. The van der Waals surface area contributed by atoms with Crippen molar-refractivity contribution in [1.29, 1.82) is 0 Å². The molecule has 1 aliphatic rings. The second-order valence-corrected chi connectivity index (χ2v) is 7.54. The molecule has 0 spiro atoms. The van der Waals surface area contributed by atoms with Crippen LogP contribution in [0.15, 0.2) is 53.1 Å². The summed E-state index contributed by atoms with van der Waals surface area (Å²) < 4.78 is 25.1. The largest absolute Gasteiger partial charge is 0.493 e. The van der Waals surface area contributed by atoms with Gasteiger partial charge in [0.15, 0.2) is 0 Å². The summed E-state index contributed by atoms with van der Waals surface area (Å²) >= 11 is 0. The van der Waals surface area contributed by atoms with Gasteiger partial charge in [-0.2, -0.15) is 4.98 Å². The summed E-state index contributed by atoms with van der Waals surface area (Å²) in [5.41, 5.74) is 1.07. The molecule has 1 amide bonds. The first-order valence-electron chi connectivity index (χ1n) is 9.63. The van der Waals surface area contributed by atoms with Crippen molar-refractivity contribution in [2.24, 2.45) is 5.92 Å². The molecule has 7 heteroatoms. The average Bonchev–Trinajstić information content (AvgIpc) is 3.34. The Balaban J connectivity index is 1.47. The molecule has 6 nitrogen and oxygen atoms in total. The highest BCUT2D eigenvalue weighted by atomic mass is 19.1. The van der Waals surface area contributed by atoms with E-state index in [9.17, 15) is 9.18 Å². The molecule has 1 saturated heterocycles. The van der Waals surface area contributed by atoms with Gasteiger partial charge in [-0.05, 0) is 42.3 Å². The number of hydrogen-bond acceptors (Lipinski definition) is 5. The summed E-state index contributed by atoms with van der Waals surface area (Å²) in [6.07, 6.45) is 0.206. The molecule has 0 aliphatic carbocycles. The number of ether oxygens (including phenoxy) is 1. The van der Waals surface area contributed by atoms with E-state index >= 15 is 0 Å². The van der Waals surface area contributed by atoms with Crippen LogP contribution in [0.5, 0.6) is 5.75 Å². The van der Waals surface area contributed by atoms with Gasteiger partial charge in [0, 0.05) is 18.5 Å². The van der Waals surface area contributed by atoms with Gasteiger partial charge in [0.1, 0.15) is 11.6 Å². The maximum Gasteiger partial charge on any atom is 0.232 e. The van der Waals surface area contributed by atoms with Crippen molar-refractivity contribution in [2.75, 3.05) is 18.1 Å². The van der Waals surface area contributed by atoms with E-state index in [1.807, 2.05) is 24.3 Å². The summed E-state index contributed by atoms with van der Waals surface area (Å²) in [6, 6.07) is 13.7. The number of hydrogen-bond donors (Lipinski definition) is 0. The monoisotopic (exact) mass is 395 g/mol. The molecule has 4 rings (SSSR count). The first-order valence-corrected chi connectivity index (χ1v) is 9.63. The summed E-state index contributed by atoms with van der Waals surface area (Å²) in [7, 11) is 0. The van der Waals surface area contributed by atoms with Gasteiger partial charge in [0.25, 0.3) is 0 Å². The highest BCUT2D eigenvalue weighted by Crippen LogP contribution is 2.33. The fraction of sp³-hybridized carbons (Fsp3) is 0.318. The molecule has 1 aliphatic heterocycles. The Kier molecular flexibility index (Phi) is 5.29. The highest BCUT2D eigenvalue weighted by molar-refractivity contribution is 5.96. The van der Waals surface area contributed by atoms with Crippen LogP contribution in [0.1, 0.15) is 32.1 Å². The van der Waals surface area contributed by atoms with Gasteiger partial charge in [0.05, 0.1) is 18.2 Å². The number of rotatable bonds is 6. The lowest BCUT2D eigenvalue weighted by molar-refractivity contribution is -0.117. The van der Waals surface area contributed by atoms with E-state index in [0.29, 0.717) is 30.8 Å². The van der Waals surface area contributed by atoms with E-state index in [4.69, 9.17) is 9.26 Å². The topological polar surface area (TPSA) is 68.5 Å². The van der Waals surface area contributed by atoms with Crippen LogP contribution >= 0.6 is 0 Å². The predicted molar refractivity (Wildman–Crippen MR) is 106 cm³/mol. The van der Waals surface area contributed by atoms with Crippen LogP contribution in [0.25, 0.3) is 11.4 Å². The highest BCUT2D eigenvalue weighted by Gasteiger charge is 2.36. The molecule has 1 atom stereocenters. The molecule has 0 N–H and O–H groups in total. The second kappa shape index (κ2) is 8.03. The third kappa shape index (κ3) is 4.13. The van der Waals surface area contributed by atoms with Gasteiger partial charge in [0.2, 0.25) is 17.6 Å². The third-order valence-electron chi connectivity index (χ3n) is 4.76. The van der Waals surface area contributed by atoms with Crippen molar-refractivity contribution >= 4 is 11.6 Å². The number of carbonyl (C=O) groups excluding carboxylic acids is 1. The Bertz CT molecular complexity index is 1000. The summed E-state index contributed by atoms with van der Waals surface area (Å²) in [5.74, 6) is 1.22. The number of halogens is 1. The lowest BCUT2D eigenvalue weighted by Crippen LogP contribution is -2.25. The fourth-order valence-electron chi connectivity index (χ4n) is 3.26. The van der Waals surface area contributed by atoms with Crippen molar-refractivity contribution in [3.05, 3.63) is 60.2 Å². The van der Waals surface area contributed by atoms with Crippen molar-refractivity contribution < 1.29 is 18.4 Å². The zero-order valence-corrected chi connectivity index (χ0v) is 16.3. The smallest absolute Gasteiger partial charge is 0.232 e. The third-order valence-corrected chi connectivity index (χ3v) is 4.76. The van der Waals surface area contributed by atoms with Crippen molar-refractivity contribution in [3.63, 3.8) is 0 Å². The number of amides is 1. The molecule has 2 aromatic carbocycles. The molecule has 1 aromatic heterocycles. The molecular formula is C22H22FN3O3. The SMILES string of the molecule is CC(C)COc1ccc(-c2noc(C3CC(=O)N(c4ccccc4F)C3)n2)cc1. The van der Waals surface area contributed by atoms with Crippen LogP contribution in [0.4, 0.5) is 10.1 Å². The number of benzene rings is 2. The number of nitrogens with zero attached hydrogens (tertiary/aromatic N) is 3. The normalized spacial score (nSPS) is 16.6. The van der Waals surface area contributed by atoms with E-state index in [2.05, 4.69) is 24.0 Å². The van der Waals surface area contributed by atoms with Gasteiger partial charge in [-0.15, -0.1) is 0 Å². The molecule has 2 heterocycles. The van der Waals surface area contributed by atoms with Gasteiger partial charge >= 0.3 is 0 Å². The van der Waals surface area contributed by atoms with Crippen molar-refractivity contribution in [2.45, 2.75) is 26.2 Å². The van der Waals surface area contributed by atoms with Crippen LogP contribution in [0.2, 0.25) is 0 Å². The minimum atomic E-state index is -0.424. The standard InChI is InChI=1S/C22H22FN3O3/c1-14(2)13-28-17-9-7-15(8-10-17)21-24-22(29-25-21)16-11-20(27)26(12-16)19-6-4-3-5-18(19)23/h3-10,14,16H,11-13H2,1-2H3. The molecule has 150 valence electrons. The lowest BCUT2D eigenvalue weighted by atomic mass is 10.1. The average molecular weight is 395 g/mol. The number of anilines is 1. The van der Waals surface area contributed by atoms with E-state index < -0.39 is 5.82 Å². The Morgan fingerprint density at radius 3 is 2.69 bits per heavy atom. The molecule has 29 heavy (non-hydrogen) atoms. The Morgan fingerprint density at radius 1 is 1.21 bits per heavy atom. The Labute approximate surface area is 168 Å². The molecular weight excluding hydrogens is 373 g/mol. The van der Waals surface area contributed by atoms with Crippen LogP contribution in [-0.2, 0) is 4.79 Å². The first-order chi connectivity index (χ1) is 14.0. The van der Waals surface area contributed by atoms with Crippen LogP contribution in [0, 0.1) is 11.7 Å². The maximum atomic E-state index is 14.0. The molecule has 0 radical (unpaired) electrons. The molecule has 0 saturated carbocycles. The van der Waals surface area contributed by atoms with Crippen molar-refractivity contribution in [1.82, 2.24) is 10.1 Å². The van der Waals surface area contributed by atoms with Crippen LogP contribution in [0.3, 0.4) is 0 Å². The van der Waals surface area contributed by atoms with Gasteiger partial charge < -0.3 is 14.2 Å². The van der Waals surface area contributed by atoms with Crippen LogP contribution < -0.4 is 9.64 Å². The van der Waals surface area contributed by atoms with Crippen LogP contribution in [-0.4, -0.2) is 29.2 Å². The Hall–Kier alpha value is -3.22. The van der Waals surface area contributed by atoms with E-state index in [-0.39, 0.29) is 23.9 Å². The minimum absolute atomic E-state index is 0.161. The van der Waals surface area contributed by atoms with E-state index in [1.54, 1.807) is 18.2 Å². The predicted octanol–water partition coefficient (Wildman–Crippen LogP) is 4.43. The number of para-hydroxylation sites is 1. The first kappa shape index (κ1) is 19.1.